The van der Waals surface area contributed by atoms with Crippen LogP contribution in [-0.2, 0) is 4.74 Å². The van der Waals surface area contributed by atoms with Crippen LogP contribution in [0.25, 0.3) is 11.4 Å². The van der Waals surface area contributed by atoms with Crippen LogP contribution >= 0.6 is 15.9 Å². The number of ether oxygens (including phenoxy) is 1. The highest BCUT2D eigenvalue weighted by Gasteiger charge is 2.16. The van der Waals surface area contributed by atoms with Crippen LogP contribution in [0.2, 0.25) is 0 Å². The molecule has 2 aromatic rings. The fourth-order valence-corrected chi connectivity index (χ4v) is 1.72. The third-order valence-electron chi connectivity index (χ3n) is 2.15. The van der Waals surface area contributed by atoms with Crippen LogP contribution in [0, 0.1) is 5.82 Å². The second kappa shape index (κ2) is 5.26. The van der Waals surface area contributed by atoms with Gasteiger partial charge in [0.25, 0.3) is 0 Å². The van der Waals surface area contributed by atoms with Gasteiger partial charge < -0.3 is 4.74 Å². The molecule has 18 heavy (non-hydrogen) atoms. The zero-order valence-corrected chi connectivity index (χ0v) is 11.0. The first kappa shape index (κ1) is 12.7. The number of hydrogen-bond donors (Lipinski definition) is 1. The highest BCUT2D eigenvalue weighted by Crippen LogP contribution is 2.25. The third kappa shape index (κ3) is 2.40. The number of carbonyl (C=O) groups is 1. The summed E-state index contributed by atoms with van der Waals surface area (Å²) in [4.78, 5) is 15.3. The summed E-state index contributed by atoms with van der Waals surface area (Å²) in [5.41, 5.74) is 0.205. The topological polar surface area (TPSA) is 67.9 Å². The van der Waals surface area contributed by atoms with E-state index in [4.69, 9.17) is 4.74 Å². The van der Waals surface area contributed by atoms with E-state index < -0.39 is 11.8 Å². The number of aromatic amines is 1. The first-order valence-electron chi connectivity index (χ1n) is 5.17. The van der Waals surface area contributed by atoms with E-state index in [-0.39, 0.29) is 23.8 Å². The lowest BCUT2D eigenvalue weighted by atomic mass is 10.2. The van der Waals surface area contributed by atoms with Crippen LogP contribution in [0.5, 0.6) is 0 Å². The van der Waals surface area contributed by atoms with Crippen molar-refractivity contribution in [2.45, 2.75) is 6.92 Å². The molecule has 0 bridgehead atoms. The molecule has 1 aromatic carbocycles. The molecule has 0 saturated heterocycles. The Hall–Kier alpha value is -1.76. The summed E-state index contributed by atoms with van der Waals surface area (Å²) >= 11 is 3.07. The SMILES string of the molecule is CCOC(=O)c1nc(-c2cccc(Br)c2F)n[nH]1. The van der Waals surface area contributed by atoms with Gasteiger partial charge in [-0.2, -0.15) is 5.10 Å². The van der Waals surface area contributed by atoms with Gasteiger partial charge in [0.1, 0.15) is 5.82 Å². The largest absolute Gasteiger partial charge is 0.460 e. The fourth-order valence-electron chi connectivity index (χ4n) is 1.35. The summed E-state index contributed by atoms with van der Waals surface area (Å²) in [6.07, 6.45) is 0. The minimum absolute atomic E-state index is 0.0498. The molecule has 0 fully saturated rings. The van der Waals surface area contributed by atoms with Crippen LogP contribution < -0.4 is 0 Å². The molecule has 1 heterocycles. The number of halogens is 2. The molecule has 0 saturated carbocycles. The van der Waals surface area contributed by atoms with E-state index in [1.165, 1.54) is 6.07 Å². The monoisotopic (exact) mass is 313 g/mol. The zero-order chi connectivity index (χ0) is 13.1. The molecular weight excluding hydrogens is 305 g/mol. The lowest BCUT2D eigenvalue weighted by Crippen LogP contribution is -2.06. The highest BCUT2D eigenvalue weighted by atomic mass is 79.9. The Balaban J connectivity index is 2.35. The van der Waals surface area contributed by atoms with Crippen molar-refractivity contribution in [3.63, 3.8) is 0 Å². The van der Waals surface area contributed by atoms with Crippen LogP contribution in [0.4, 0.5) is 4.39 Å². The van der Waals surface area contributed by atoms with Crippen molar-refractivity contribution in [1.29, 1.82) is 0 Å². The van der Waals surface area contributed by atoms with Gasteiger partial charge in [-0.3, -0.25) is 5.10 Å². The summed E-state index contributed by atoms with van der Waals surface area (Å²) < 4.78 is 18.9. The molecule has 0 amide bonds. The molecule has 0 radical (unpaired) electrons. The lowest BCUT2D eigenvalue weighted by molar-refractivity contribution is 0.0512. The molecule has 2 rings (SSSR count). The second-order valence-electron chi connectivity index (χ2n) is 3.33. The Labute approximate surface area is 111 Å². The normalized spacial score (nSPS) is 10.4. The predicted molar refractivity (Wildman–Crippen MR) is 65.4 cm³/mol. The molecule has 0 atom stereocenters. The molecule has 94 valence electrons. The molecule has 5 nitrogen and oxygen atoms in total. The Morgan fingerprint density at radius 3 is 3.06 bits per heavy atom. The number of hydrogen-bond acceptors (Lipinski definition) is 4. The number of nitrogens with zero attached hydrogens (tertiary/aromatic N) is 2. The van der Waals surface area contributed by atoms with Crippen molar-refractivity contribution < 1.29 is 13.9 Å². The van der Waals surface area contributed by atoms with Crippen molar-refractivity contribution in [1.82, 2.24) is 15.2 Å². The van der Waals surface area contributed by atoms with Gasteiger partial charge in [0.15, 0.2) is 5.82 Å². The van der Waals surface area contributed by atoms with Gasteiger partial charge in [-0.25, -0.2) is 14.2 Å². The third-order valence-corrected chi connectivity index (χ3v) is 2.76. The zero-order valence-electron chi connectivity index (χ0n) is 9.41. The number of H-pyrrole nitrogens is 1. The predicted octanol–water partition coefficient (Wildman–Crippen LogP) is 2.55. The van der Waals surface area contributed by atoms with E-state index in [0.717, 1.165) is 0 Å². The van der Waals surface area contributed by atoms with Gasteiger partial charge in [0.05, 0.1) is 16.6 Å². The summed E-state index contributed by atoms with van der Waals surface area (Å²) in [7, 11) is 0. The van der Waals surface area contributed by atoms with Crippen molar-refractivity contribution in [3.8, 4) is 11.4 Å². The Kier molecular flexibility index (Phi) is 3.71. The fraction of sp³-hybridized carbons (Fsp3) is 0.182. The van der Waals surface area contributed by atoms with E-state index in [2.05, 4.69) is 31.1 Å². The minimum atomic E-state index is -0.619. The van der Waals surface area contributed by atoms with Gasteiger partial charge in [-0.1, -0.05) is 6.07 Å². The summed E-state index contributed by atoms with van der Waals surface area (Å²) in [5.74, 6) is -1.04. The standard InChI is InChI=1S/C11H9BrFN3O2/c1-2-18-11(17)10-14-9(15-16-10)6-4-3-5-7(12)8(6)13/h3-5H,2H2,1H3,(H,14,15,16). The molecule has 0 aliphatic heterocycles. The second-order valence-corrected chi connectivity index (χ2v) is 4.18. The first-order chi connectivity index (χ1) is 8.63. The van der Waals surface area contributed by atoms with Gasteiger partial charge in [0, 0.05) is 0 Å². The molecular formula is C11H9BrFN3O2. The maximum absolute atomic E-state index is 13.8. The highest BCUT2D eigenvalue weighted by molar-refractivity contribution is 9.10. The van der Waals surface area contributed by atoms with Crippen LogP contribution in [-0.4, -0.2) is 27.8 Å². The van der Waals surface area contributed by atoms with Crippen molar-refractivity contribution >= 4 is 21.9 Å². The maximum atomic E-state index is 13.8. The van der Waals surface area contributed by atoms with Crippen LogP contribution in [0.1, 0.15) is 17.5 Å². The Bertz CT molecular complexity index is 585. The molecule has 0 unspecified atom stereocenters. The van der Waals surface area contributed by atoms with E-state index in [1.807, 2.05) is 0 Å². The van der Waals surface area contributed by atoms with Gasteiger partial charge in [-0.15, -0.1) is 0 Å². The maximum Gasteiger partial charge on any atom is 0.375 e. The first-order valence-corrected chi connectivity index (χ1v) is 5.96. The van der Waals surface area contributed by atoms with E-state index in [1.54, 1.807) is 19.1 Å². The number of esters is 1. The molecule has 0 aliphatic rings. The van der Waals surface area contributed by atoms with Gasteiger partial charge >= 0.3 is 5.97 Å². The van der Waals surface area contributed by atoms with Gasteiger partial charge in [-0.05, 0) is 35.0 Å². The Morgan fingerprint density at radius 2 is 2.33 bits per heavy atom. The van der Waals surface area contributed by atoms with E-state index >= 15 is 0 Å². The van der Waals surface area contributed by atoms with Crippen LogP contribution in [0.3, 0.4) is 0 Å². The van der Waals surface area contributed by atoms with E-state index in [0.29, 0.717) is 4.47 Å². The van der Waals surface area contributed by atoms with Crippen molar-refractivity contribution in [3.05, 3.63) is 34.3 Å². The number of benzene rings is 1. The molecule has 1 N–H and O–H groups in total. The summed E-state index contributed by atoms with van der Waals surface area (Å²) in [6, 6.07) is 4.75. The summed E-state index contributed by atoms with van der Waals surface area (Å²) in [6.45, 7) is 1.92. The lowest BCUT2D eigenvalue weighted by Gasteiger charge is -1.99. The number of aromatic nitrogens is 3. The number of carbonyl (C=O) groups excluding carboxylic acids is 1. The summed E-state index contributed by atoms with van der Waals surface area (Å²) in [5, 5.41) is 6.21. The quantitative estimate of drug-likeness (QED) is 0.884. The minimum Gasteiger partial charge on any atom is -0.460 e. The molecule has 7 heteroatoms. The van der Waals surface area contributed by atoms with E-state index in [9.17, 15) is 9.18 Å². The van der Waals surface area contributed by atoms with Crippen molar-refractivity contribution in [2.24, 2.45) is 0 Å². The number of rotatable bonds is 3. The van der Waals surface area contributed by atoms with Crippen LogP contribution in [0.15, 0.2) is 22.7 Å². The average Bonchev–Trinajstić information content (AvgIpc) is 2.82. The van der Waals surface area contributed by atoms with Crippen molar-refractivity contribution in [2.75, 3.05) is 6.61 Å². The smallest absolute Gasteiger partial charge is 0.375 e. The average molecular weight is 314 g/mol. The molecule has 0 aliphatic carbocycles. The molecule has 1 aromatic heterocycles. The Morgan fingerprint density at radius 1 is 1.56 bits per heavy atom. The molecule has 0 spiro atoms. The van der Waals surface area contributed by atoms with Gasteiger partial charge in [0.2, 0.25) is 5.82 Å². The number of nitrogens with one attached hydrogen (secondary N) is 1.